The molecule has 3 N–H and O–H groups in total. The van der Waals surface area contributed by atoms with Crippen molar-refractivity contribution >= 4 is 27.7 Å². The SMILES string of the molecule is COc1ccc2[nH]c3c(c2c1)CCC[C@H]3NC(=O)c1cc2c(OC)cccc2[nH]1. The monoisotopic (exact) mass is 389 g/mol. The minimum Gasteiger partial charge on any atom is -0.497 e. The molecule has 0 unspecified atom stereocenters. The molecule has 5 rings (SSSR count). The minimum absolute atomic E-state index is 0.0436. The lowest BCUT2D eigenvalue weighted by Gasteiger charge is -2.23. The molecule has 6 nitrogen and oxygen atoms in total. The van der Waals surface area contributed by atoms with Crippen LogP contribution in [0.25, 0.3) is 21.8 Å². The molecule has 0 saturated heterocycles. The molecule has 1 aliphatic carbocycles. The van der Waals surface area contributed by atoms with Gasteiger partial charge in [0.05, 0.1) is 20.3 Å². The topological polar surface area (TPSA) is 79.1 Å². The molecule has 148 valence electrons. The van der Waals surface area contributed by atoms with Gasteiger partial charge in [-0.25, -0.2) is 0 Å². The van der Waals surface area contributed by atoms with Crippen molar-refractivity contribution in [2.45, 2.75) is 25.3 Å². The molecule has 4 aromatic rings. The third-order valence-electron chi connectivity index (χ3n) is 5.81. The Labute approximate surface area is 168 Å². The number of methoxy groups -OCH3 is 2. The van der Waals surface area contributed by atoms with Crippen LogP contribution in [0.5, 0.6) is 11.5 Å². The van der Waals surface area contributed by atoms with Crippen LogP contribution in [0.1, 0.15) is 40.6 Å². The highest BCUT2D eigenvalue weighted by atomic mass is 16.5. The highest BCUT2D eigenvalue weighted by Gasteiger charge is 2.26. The number of rotatable bonds is 4. The normalized spacial score (nSPS) is 16.0. The van der Waals surface area contributed by atoms with Crippen molar-refractivity contribution in [1.29, 1.82) is 0 Å². The summed E-state index contributed by atoms with van der Waals surface area (Å²) in [5.41, 5.74) is 4.87. The first-order valence-electron chi connectivity index (χ1n) is 9.83. The van der Waals surface area contributed by atoms with E-state index in [1.807, 2.05) is 36.4 Å². The van der Waals surface area contributed by atoms with E-state index in [2.05, 4.69) is 21.4 Å². The van der Waals surface area contributed by atoms with Crippen LogP contribution >= 0.6 is 0 Å². The quantitative estimate of drug-likeness (QED) is 0.482. The van der Waals surface area contributed by atoms with Gasteiger partial charge in [0.25, 0.3) is 5.91 Å². The standard InChI is InChI=1S/C23H23N3O3/c1-28-13-9-10-18-15(11-13)14-5-3-7-19(22(14)25-18)26-23(27)20-12-16-17(24-20)6-4-8-21(16)29-2/h4,6,8-12,19,24-25H,3,5,7H2,1-2H3,(H,26,27)/t19-/m1/s1. The van der Waals surface area contributed by atoms with Crippen LogP contribution < -0.4 is 14.8 Å². The Morgan fingerprint density at radius 1 is 1.03 bits per heavy atom. The van der Waals surface area contributed by atoms with Gasteiger partial charge >= 0.3 is 0 Å². The summed E-state index contributed by atoms with van der Waals surface area (Å²) in [7, 11) is 3.31. The average Bonchev–Trinajstić information content (AvgIpc) is 3.35. The van der Waals surface area contributed by atoms with Crippen molar-refractivity contribution in [3.63, 3.8) is 0 Å². The maximum atomic E-state index is 13.0. The van der Waals surface area contributed by atoms with Crippen molar-refractivity contribution in [2.24, 2.45) is 0 Å². The van der Waals surface area contributed by atoms with Crippen LogP contribution in [0, 0.1) is 0 Å². The van der Waals surface area contributed by atoms with Crippen LogP contribution in [-0.4, -0.2) is 30.1 Å². The summed E-state index contributed by atoms with van der Waals surface area (Å²) in [6, 6.07) is 13.6. The van der Waals surface area contributed by atoms with Gasteiger partial charge in [-0.05, 0) is 61.2 Å². The first kappa shape index (κ1) is 17.7. The first-order chi connectivity index (χ1) is 14.2. The summed E-state index contributed by atoms with van der Waals surface area (Å²) in [6.07, 6.45) is 2.94. The second-order valence-electron chi connectivity index (χ2n) is 7.45. The van der Waals surface area contributed by atoms with Gasteiger partial charge in [0.15, 0.2) is 0 Å². The summed E-state index contributed by atoms with van der Waals surface area (Å²) >= 11 is 0. The van der Waals surface area contributed by atoms with Gasteiger partial charge in [0.2, 0.25) is 0 Å². The molecule has 29 heavy (non-hydrogen) atoms. The van der Waals surface area contributed by atoms with Gasteiger partial charge in [-0.2, -0.15) is 0 Å². The Kier molecular flexibility index (Phi) is 4.19. The number of nitrogens with one attached hydrogen (secondary N) is 3. The van der Waals surface area contributed by atoms with Crippen LogP contribution in [0.3, 0.4) is 0 Å². The van der Waals surface area contributed by atoms with Gasteiger partial charge in [0, 0.05) is 27.5 Å². The molecule has 2 aromatic heterocycles. The Hall–Kier alpha value is -3.41. The van der Waals surface area contributed by atoms with E-state index in [-0.39, 0.29) is 11.9 Å². The highest BCUT2D eigenvalue weighted by molar-refractivity contribution is 6.00. The van der Waals surface area contributed by atoms with E-state index in [4.69, 9.17) is 9.47 Å². The number of carbonyl (C=O) groups excluding carboxylic acids is 1. The molecule has 2 heterocycles. The number of hydrogen-bond donors (Lipinski definition) is 3. The van der Waals surface area contributed by atoms with Crippen LogP contribution in [0.2, 0.25) is 0 Å². The zero-order valence-electron chi connectivity index (χ0n) is 16.5. The van der Waals surface area contributed by atoms with E-state index in [1.165, 1.54) is 10.9 Å². The molecule has 0 radical (unpaired) electrons. The average molecular weight is 389 g/mol. The van der Waals surface area contributed by atoms with Crippen molar-refractivity contribution in [2.75, 3.05) is 14.2 Å². The number of H-pyrrole nitrogens is 2. The van der Waals surface area contributed by atoms with Gasteiger partial charge in [-0.1, -0.05) is 6.07 Å². The van der Waals surface area contributed by atoms with Crippen molar-refractivity contribution in [3.05, 3.63) is 59.4 Å². The highest BCUT2D eigenvalue weighted by Crippen LogP contribution is 2.36. The molecule has 0 saturated carbocycles. The molecule has 1 amide bonds. The van der Waals surface area contributed by atoms with Crippen LogP contribution in [0.15, 0.2) is 42.5 Å². The van der Waals surface area contributed by atoms with Crippen LogP contribution in [-0.2, 0) is 6.42 Å². The number of aromatic amines is 2. The van der Waals surface area contributed by atoms with E-state index in [9.17, 15) is 4.79 Å². The van der Waals surface area contributed by atoms with Crippen molar-refractivity contribution in [3.8, 4) is 11.5 Å². The number of benzene rings is 2. The molecule has 0 fully saturated rings. The van der Waals surface area contributed by atoms with Crippen LogP contribution in [0.4, 0.5) is 0 Å². The summed E-state index contributed by atoms with van der Waals surface area (Å²) in [5.74, 6) is 1.48. The first-order valence-corrected chi connectivity index (χ1v) is 9.83. The van der Waals surface area contributed by atoms with Gasteiger partial charge in [0.1, 0.15) is 17.2 Å². The molecule has 0 spiro atoms. The fourth-order valence-corrected chi connectivity index (χ4v) is 4.38. The number of fused-ring (bicyclic) bond motifs is 4. The number of hydrogen-bond acceptors (Lipinski definition) is 3. The lowest BCUT2D eigenvalue weighted by atomic mass is 9.91. The predicted molar refractivity (Wildman–Crippen MR) is 113 cm³/mol. The smallest absolute Gasteiger partial charge is 0.268 e. The number of amides is 1. The Morgan fingerprint density at radius 3 is 2.72 bits per heavy atom. The largest absolute Gasteiger partial charge is 0.497 e. The second kappa shape index (κ2) is 6.88. The van der Waals surface area contributed by atoms with E-state index in [1.54, 1.807) is 14.2 Å². The molecule has 0 bridgehead atoms. The predicted octanol–water partition coefficient (Wildman–Crippen LogP) is 4.47. The van der Waals surface area contributed by atoms with Gasteiger partial charge in [-0.3, -0.25) is 4.79 Å². The maximum Gasteiger partial charge on any atom is 0.268 e. The van der Waals surface area contributed by atoms with Gasteiger partial charge in [-0.15, -0.1) is 0 Å². The minimum atomic E-state index is -0.114. The second-order valence-corrected chi connectivity index (χ2v) is 7.45. The molecule has 6 heteroatoms. The molecule has 1 aliphatic rings. The lowest BCUT2D eigenvalue weighted by Crippen LogP contribution is -2.31. The molecular formula is C23H23N3O3. The maximum absolute atomic E-state index is 13.0. The molecule has 2 aromatic carbocycles. The summed E-state index contributed by atoms with van der Waals surface area (Å²) < 4.78 is 10.8. The third-order valence-corrected chi connectivity index (χ3v) is 5.81. The fraction of sp³-hybridized carbons (Fsp3) is 0.261. The Morgan fingerprint density at radius 2 is 1.90 bits per heavy atom. The third kappa shape index (κ3) is 2.92. The molecule has 1 atom stereocenters. The van der Waals surface area contributed by atoms with Crippen molar-refractivity contribution in [1.82, 2.24) is 15.3 Å². The number of aromatic nitrogens is 2. The number of ether oxygens (including phenoxy) is 2. The summed E-state index contributed by atoms with van der Waals surface area (Å²) in [4.78, 5) is 19.7. The Bertz CT molecular complexity index is 1220. The number of carbonyl (C=O) groups is 1. The fourth-order valence-electron chi connectivity index (χ4n) is 4.38. The van der Waals surface area contributed by atoms with Gasteiger partial charge < -0.3 is 24.8 Å². The van der Waals surface area contributed by atoms with Crippen molar-refractivity contribution < 1.29 is 14.3 Å². The zero-order valence-corrected chi connectivity index (χ0v) is 16.5. The van der Waals surface area contributed by atoms with E-state index >= 15 is 0 Å². The molecule has 0 aliphatic heterocycles. The summed E-state index contributed by atoms with van der Waals surface area (Å²) in [5, 5.41) is 5.29. The number of aryl methyl sites for hydroxylation is 1. The summed E-state index contributed by atoms with van der Waals surface area (Å²) in [6.45, 7) is 0. The van der Waals surface area contributed by atoms with E-state index in [0.29, 0.717) is 5.69 Å². The Balaban J connectivity index is 1.47. The lowest BCUT2D eigenvalue weighted by molar-refractivity contribution is 0.0927. The van der Waals surface area contributed by atoms with E-state index < -0.39 is 0 Å². The molecular weight excluding hydrogens is 366 g/mol. The zero-order chi connectivity index (χ0) is 20.0. The van der Waals surface area contributed by atoms with E-state index in [0.717, 1.165) is 52.9 Å².